The Balaban J connectivity index is 1.76. The summed E-state index contributed by atoms with van der Waals surface area (Å²) in [5.41, 5.74) is 1.04. The number of halogens is 2. The minimum Gasteiger partial charge on any atom is -0.477 e. The Hall–Kier alpha value is -2.80. The van der Waals surface area contributed by atoms with Crippen LogP contribution in [0.4, 0.5) is 15.8 Å². The van der Waals surface area contributed by atoms with E-state index in [1.54, 1.807) is 17.0 Å². The second kappa shape index (κ2) is 7.61. The molecule has 0 fully saturated rings. The monoisotopic (exact) mass is 377 g/mol. The fourth-order valence-electron chi connectivity index (χ4n) is 2.71. The van der Waals surface area contributed by atoms with Crippen molar-refractivity contribution < 1.29 is 18.7 Å². The molecule has 0 saturated carbocycles. The van der Waals surface area contributed by atoms with Gasteiger partial charge in [-0.2, -0.15) is 0 Å². The summed E-state index contributed by atoms with van der Waals surface area (Å²) in [7, 11) is 1.53. The first-order valence-electron chi connectivity index (χ1n) is 7.95. The fourth-order valence-corrected chi connectivity index (χ4v) is 2.92. The van der Waals surface area contributed by atoms with Crippen molar-refractivity contribution in [2.45, 2.75) is 6.10 Å². The molecule has 3 rings (SSSR count). The number of amides is 2. The van der Waals surface area contributed by atoms with Gasteiger partial charge in [0, 0.05) is 7.05 Å². The molecule has 2 N–H and O–H groups in total. The molecule has 0 saturated heterocycles. The molecule has 0 spiro atoms. The molecule has 0 radical (unpaired) electrons. The Kier molecular flexibility index (Phi) is 5.27. The van der Waals surface area contributed by atoms with Gasteiger partial charge in [-0.3, -0.25) is 9.59 Å². The van der Waals surface area contributed by atoms with Crippen molar-refractivity contribution in [2.75, 3.05) is 30.4 Å². The van der Waals surface area contributed by atoms with Crippen molar-refractivity contribution >= 4 is 34.8 Å². The van der Waals surface area contributed by atoms with Gasteiger partial charge in [0.1, 0.15) is 11.6 Å². The van der Waals surface area contributed by atoms with Crippen LogP contribution >= 0.6 is 11.6 Å². The van der Waals surface area contributed by atoms with Crippen LogP contribution in [-0.2, 0) is 9.59 Å². The maximum Gasteiger partial charge on any atom is 0.262 e. The zero-order valence-corrected chi connectivity index (χ0v) is 14.7. The Bertz CT molecular complexity index is 846. The van der Waals surface area contributed by atoms with Gasteiger partial charge >= 0.3 is 0 Å². The molecule has 8 heteroatoms. The highest BCUT2D eigenvalue weighted by Crippen LogP contribution is 2.33. The SMILES string of the molecule is CNC(=O)[C@@H]1CN(CC(=O)Nc2ccc(F)cc2Cl)c2ccccc2O1. The van der Waals surface area contributed by atoms with Gasteiger partial charge in [0.25, 0.3) is 5.91 Å². The number of para-hydroxylation sites is 2. The summed E-state index contributed by atoms with van der Waals surface area (Å²) >= 11 is 5.94. The average Bonchev–Trinajstić information content (AvgIpc) is 2.63. The van der Waals surface area contributed by atoms with Crippen molar-refractivity contribution in [1.82, 2.24) is 5.32 Å². The smallest absolute Gasteiger partial charge is 0.262 e. The lowest BCUT2D eigenvalue weighted by molar-refractivity contribution is -0.127. The standard InChI is InChI=1S/C18H17ClFN3O3/c1-21-18(25)16-9-23(14-4-2-3-5-15(14)26-16)10-17(24)22-13-7-6-11(20)8-12(13)19/h2-8,16H,9-10H2,1H3,(H,21,25)(H,22,24)/t16-/m0/s1. The third kappa shape index (κ3) is 3.88. The number of fused-ring (bicyclic) bond motifs is 1. The predicted octanol–water partition coefficient (Wildman–Crippen LogP) is 2.43. The van der Waals surface area contributed by atoms with Gasteiger partial charge < -0.3 is 20.3 Å². The lowest BCUT2D eigenvalue weighted by Crippen LogP contribution is -2.50. The van der Waals surface area contributed by atoms with Gasteiger partial charge in [-0.25, -0.2) is 4.39 Å². The molecular weight excluding hydrogens is 361 g/mol. The first-order valence-corrected chi connectivity index (χ1v) is 8.33. The van der Waals surface area contributed by atoms with Gasteiger partial charge in [0.05, 0.1) is 29.5 Å². The molecule has 1 atom stereocenters. The molecule has 1 aliphatic rings. The molecule has 0 aliphatic carbocycles. The van der Waals surface area contributed by atoms with Gasteiger partial charge in [-0.15, -0.1) is 0 Å². The first kappa shape index (κ1) is 18.0. The van der Waals surface area contributed by atoms with E-state index in [1.165, 1.54) is 19.2 Å². The largest absolute Gasteiger partial charge is 0.477 e. The van der Waals surface area contributed by atoms with Gasteiger partial charge in [0.15, 0.2) is 6.10 Å². The van der Waals surface area contributed by atoms with Crippen LogP contribution in [0.5, 0.6) is 5.75 Å². The van der Waals surface area contributed by atoms with E-state index in [9.17, 15) is 14.0 Å². The molecule has 2 aromatic rings. The number of hydrogen-bond acceptors (Lipinski definition) is 4. The number of hydrogen-bond donors (Lipinski definition) is 2. The second-order valence-electron chi connectivity index (χ2n) is 5.74. The molecule has 0 unspecified atom stereocenters. The Morgan fingerprint density at radius 1 is 1.31 bits per heavy atom. The predicted molar refractivity (Wildman–Crippen MR) is 97.2 cm³/mol. The van der Waals surface area contributed by atoms with Gasteiger partial charge in [0.2, 0.25) is 5.91 Å². The highest BCUT2D eigenvalue weighted by Gasteiger charge is 2.31. The minimum absolute atomic E-state index is 0.0123. The lowest BCUT2D eigenvalue weighted by atomic mass is 10.1. The van der Waals surface area contributed by atoms with Crippen LogP contribution < -0.4 is 20.3 Å². The van der Waals surface area contributed by atoms with E-state index < -0.39 is 11.9 Å². The summed E-state index contributed by atoms with van der Waals surface area (Å²) in [6.07, 6.45) is -0.725. The van der Waals surface area contributed by atoms with Crippen LogP contribution in [0, 0.1) is 5.82 Å². The summed E-state index contributed by atoms with van der Waals surface area (Å²) in [5.74, 6) is -0.569. The van der Waals surface area contributed by atoms with E-state index in [0.717, 1.165) is 6.07 Å². The van der Waals surface area contributed by atoms with E-state index in [0.29, 0.717) is 17.1 Å². The van der Waals surface area contributed by atoms with E-state index in [-0.39, 0.29) is 29.9 Å². The van der Waals surface area contributed by atoms with Gasteiger partial charge in [-0.1, -0.05) is 23.7 Å². The van der Waals surface area contributed by atoms with Gasteiger partial charge in [-0.05, 0) is 30.3 Å². The third-order valence-corrected chi connectivity index (χ3v) is 4.25. The van der Waals surface area contributed by atoms with Crippen LogP contribution in [0.2, 0.25) is 5.02 Å². The molecule has 136 valence electrons. The number of anilines is 2. The number of rotatable bonds is 4. The molecule has 6 nitrogen and oxygen atoms in total. The van der Waals surface area contributed by atoms with Crippen molar-refractivity contribution in [1.29, 1.82) is 0 Å². The Morgan fingerprint density at radius 3 is 2.81 bits per heavy atom. The van der Waals surface area contributed by atoms with Crippen molar-refractivity contribution in [3.05, 3.63) is 53.3 Å². The van der Waals surface area contributed by atoms with Crippen LogP contribution in [-0.4, -0.2) is 38.1 Å². The van der Waals surface area contributed by atoms with E-state index >= 15 is 0 Å². The van der Waals surface area contributed by atoms with Crippen LogP contribution in [0.1, 0.15) is 0 Å². The average molecular weight is 378 g/mol. The second-order valence-corrected chi connectivity index (χ2v) is 6.15. The van der Waals surface area contributed by atoms with Crippen molar-refractivity contribution in [2.24, 2.45) is 0 Å². The summed E-state index contributed by atoms with van der Waals surface area (Å²) in [5, 5.41) is 5.32. The molecule has 1 aliphatic heterocycles. The maximum absolute atomic E-state index is 13.1. The first-order chi connectivity index (χ1) is 12.5. The third-order valence-electron chi connectivity index (χ3n) is 3.94. The number of carbonyl (C=O) groups is 2. The summed E-state index contributed by atoms with van der Waals surface area (Å²) < 4.78 is 18.8. The molecule has 1 heterocycles. The zero-order chi connectivity index (χ0) is 18.7. The van der Waals surface area contributed by atoms with E-state index in [2.05, 4.69) is 10.6 Å². The number of ether oxygens (including phenoxy) is 1. The summed E-state index contributed by atoms with van der Waals surface area (Å²) in [6, 6.07) is 10.9. The van der Waals surface area contributed by atoms with E-state index in [1.807, 2.05) is 12.1 Å². The fraction of sp³-hybridized carbons (Fsp3) is 0.222. The van der Waals surface area contributed by atoms with E-state index in [4.69, 9.17) is 16.3 Å². The Morgan fingerprint density at radius 2 is 2.08 bits per heavy atom. The summed E-state index contributed by atoms with van der Waals surface area (Å²) in [6.45, 7) is 0.211. The normalized spacial score (nSPS) is 15.7. The van der Waals surface area contributed by atoms with Crippen LogP contribution in [0.15, 0.2) is 42.5 Å². The number of benzene rings is 2. The molecule has 0 bridgehead atoms. The molecular formula is C18H17ClFN3O3. The highest BCUT2D eigenvalue weighted by molar-refractivity contribution is 6.33. The molecule has 2 amide bonds. The number of nitrogens with one attached hydrogen (secondary N) is 2. The topological polar surface area (TPSA) is 70.7 Å². The number of carbonyl (C=O) groups excluding carboxylic acids is 2. The quantitative estimate of drug-likeness (QED) is 0.858. The zero-order valence-electron chi connectivity index (χ0n) is 14.0. The Labute approximate surface area is 154 Å². The van der Waals surface area contributed by atoms with Crippen LogP contribution in [0.3, 0.4) is 0 Å². The lowest BCUT2D eigenvalue weighted by Gasteiger charge is -2.35. The van der Waals surface area contributed by atoms with Crippen molar-refractivity contribution in [3.63, 3.8) is 0 Å². The minimum atomic E-state index is -0.725. The highest BCUT2D eigenvalue weighted by atomic mass is 35.5. The molecule has 26 heavy (non-hydrogen) atoms. The summed E-state index contributed by atoms with van der Waals surface area (Å²) in [4.78, 5) is 26.1. The number of likely N-dealkylation sites (N-methyl/N-ethyl adjacent to an activating group) is 1. The molecule has 0 aromatic heterocycles. The number of nitrogens with zero attached hydrogens (tertiary/aromatic N) is 1. The van der Waals surface area contributed by atoms with Crippen LogP contribution in [0.25, 0.3) is 0 Å². The molecule has 2 aromatic carbocycles. The van der Waals surface area contributed by atoms with Crippen molar-refractivity contribution in [3.8, 4) is 5.75 Å². The maximum atomic E-state index is 13.1.